The van der Waals surface area contributed by atoms with E-state index < -0.39 is 5.92 Å². The van der Waals surface area contributed by atoms with Crippen molar-refractivity contribution < 1.29 is 14.3 Å². The highest BCUT2D eigenvalue weighted by Crippen LogP contribution is 2.45. The lowest BCUT2D eigenvalue weighted by Crippen LogP contribution is -2.39. The van der Waals surface area contributed by atoms with Crippen LogP contribution >= 0.6 is 0 Å². The van der Waals surface area contributed by atoms with Crippen LogP contribution in [0.15, 0.2) is 0 Å². The first kappa shape index (κ1) is 13.4. The number of ether oxygens (including phenoxy) is 1. The summed E-state index contributed by atoms with van der Waals surface area (Å²) >= 11 is 0. The zero-order chi connectivity index (χ0) is 13.0. The molecule has 1 aliphatic carbocycles. The van der Waals surface area contributed by atoms with E-state index in [1.54, 1.807) is 0 Å². The van der Waals surface area contributed by atoms with E-state index in [9.17, 15) is 9.59 Å². The van der Waals surface area contributed by atoms with Gasteiger partial charge >= 0.3 is 5.97 Å². The van der Waals surface area contributed by atoms with Crippen molar-refractivity contribution >= 4 is 11.9 Å². The number of amides is 1. The Bertz CT molecular complexity index is 321. The van der Waals surface area contributed by atoms with Gasteiger partial charge in [0.15, 0.2) is 0 Å². The number of hydrogen-bond donors (Lipinski definition) is 1. The van der Waals surface area contributed by atoms with E-state index in [0.717, 1.165) is 38.5 Å². The molecule has 1 amide bonds. The molecule has 0 aromatic heterocycles. The number of hydrogen-bond acceptors (Lipinski definition) is 3. The molecule has 2 aliphatic rings. The molecule has 0 radical (unpaired) electrons. The maximum absolute atomic E-state index is 12.1. The zero-order valence-electron chi connectivity index (χ0n) is 11.2. The van der Waals surface area contributed by atoms with Crippen LogP contribution in [0.5, 0.6) is 0 Å². The number of unbranched alkanes of at least 4 members (excludes halogenated alkanes) is 1. The van der Waals surface area contributed by atoms with Crippen LogP contribution in [0.25, 0.3) is 0 Å². The molecule has 1 heterocycles. The Balaban J connectivity index is 2.02. The summed E-state index contributed by atoms with van der Waals surface area (Å²) in [6.45, 7) is 3.15. The van der Waals surface area contributed by atoms with E-state index in [2.05, 4.69) is 12.2 Å². The predicted molar refractivity (Wildman–Crippen MR) is 67.9 cm³/mol. The van der Waals surface area contributed by atoms with Crippen LogP contribution in [0.2, 0.25) is 0 Å². The van der Waals surface area contributed by atoms with E-state index in [4.69, 9.17) is 4.74 Å². The van der Waals surface area contributed by atoms with Crippen LogP contribution in [0.1, 0.15) is 51.9 Å². The van der Waals surface area contributed by atoms with Crippen LogP contribution in [0, 0.1) is 11.3 Å². The molecule has 1 saturated heterocycles. The molecule has 1 N–H and O–H groups in total. The van der Waals surface area contributed by atoms with Gasteiger partial charge in [0.25, 0.3) is 0 Å². The SMILES string of the molecule is CCCCOC(=O)C1C(=O)NCC12CCCCC2. The minimum Gasteiger partial charge on any atom is -0.465 e. The largest absolute Gasteiger partial charge is 0.465 e. The van der Waals surface area contributed by atoms with E-state index in [1.165, 1.54) is 6.42 Å². The van der Waals surface area contributed by atoms with Crippen LogP contribution in [-0.2, 0) is 14.3 Å². The molecular formula is C14H23NO3. The molecule has 1 unspecified atom stereocenters. The van der Waals surface area contributed by atoms with E-state index >= 15 is 0 Å². The molecule has 4 heteroatoms. The van der Waals surface area contributed by atoms with Gasteiger partial charge in [-0.25, -0.2) is 0 Å². The summed E-state index contributed by atoms with van der Waals surface area (Å²) < 4.78 is 5.26. The first-order valence-corrected chi connectivity index (χ1v) is 7.14. The molecule has 1 aliphatic heterocycles. The normalized spacial score (nSPS) is 26.1. The first-order chi connectivity index (χ1) is 8.69. The summed E-state index contributed by atoms with van der Waals surface area (Å²) in [4.78, 5) is 24.0. The van der Waals surface area contributed by atoms with Gasteiger partial charge in [0.1, 0.15) is 5.92 Å². The van der Waals surface area contributed by atoms with Gasteiger partial charge in [-0.2, -0.15) is 0 Å². The summed E-state index contributed by atoms with van der Waals surface area (Å²) in [7, 11) is 0. The molecule has 1 atom stereocenters. The summed E-state index contributed by atoms with van der Waals surface area (Å²) in [5.74, 6) is -0.992. The van der Waals surface area contributed by atoms with Crippen molar-refractivity contribution in [2.75, 3.05) is 13.2 Å². The molecule has 0 aromatic rings. The Labute approximate surface area is 108 Å². The smallest absolute Gasteiger partial charge is 0.319 e. The Hall–Kier alpha value is -1.06. The summed E-state index contributed by atoms with van der Waals surface area (Å²) in [6.07, 6.45) is 7.26. The van der Waals surface area contributed by atoms with Gasteiger partial charge in [0.05, 0.1) is 6.61 Å². The molecule has 1 spiro atoms. The third-order valence-corrected chi connectivity index (χ3v) is 4.32. The predicted octanol–water partition coefficient (Wildman–Crippen LogP) is 2.03. The lowest BCUT2D eigenvalue weighted by Gasteiger charge is -2.35. The lowest BCUT2D eigenvalue weighted by atomic mass is 9.67. The third kappa shape index (κ3) is 2.52. The van der Waals surface area contributed by atoms with Crippen molar-refractivity contribution in [2.45, 2.75) is 51.9 Å². The van der Waals surface area contributed by atoms with Crippen LogP contribution < -0.4 is 5.32 Å². The Morgan fingerprint density at radius 3 is 2.78 bits per heavy atom. The fourth-order valence-electron chi connectivity index (χ4n) is 3.22. The summed E-state index contributed by atoms with van der Waals surface area (Å²) in [6, 6.07) is 0. The standard InChI is InChI=1S/C14H23NO3/c1-2-3-9-18-13(17)11-12(16)15-10-14(11)7-5-4-6-8-14/h11H,2-10H2,1H3,(H,15,16). The van der Waals surface area contributed by atoms with Gasteiger partial charge < -0.3 is 10.1 Å². The number of carbonyl (C=O) groups excluding carboxylic acids is 2. The summed E-state index contributed by atoms with van der Waals surface area (Å²) in [5, 5.41) is 2.86. The average molecular weight is 253 g/mol. The number of nitrogens with one attached hydrogen (secondary N) is 1. The molecule has 18 heavy (non-hydrogen) atoms. The monoisotopic (exact) mass is 253 g/mol. The number of esters is 1. The molecule has 2 fully saturated rings. The maximum Gasteiger partial charge on any atom is 0.319 e. The van der Waals surface area contributed by atoms with Crippen molar-refractivity contribution in [3.05, 3.63) is 0 Å². The van der Waals surface area contributed by atoms with Crippen LogP contribution in [0.3, 0.4) is 0 Å². The van der Waals surface area contributed by atoms with Crippen LogP contribution in [0.4, 0.5) is 0 Å². The van der Waals surface area contributed by atoms with Gasteiger partial charge in [-0.3, -0.25) is 9.59 Å². The lowest BCUT2D eigenvalue weighted by molar-refractivity contribution is -0.156. The minimum absolute atomic E-state index is 0.126. The Kier molecular flexibility index (Phi) is 4.25. The van der Waals surface area contributed by atoms with Gasteiger partial charge in [0, 0.05) is 12.0 Å². The fraction of sp³-hybridized carbons (Fsp3) is 0.857. The average Bonchev–Trinajstić information content (AvgIpc) is 2.68. The second-order valence-corrected chi connectivity index (χ2v) is 5.59. The first-order valence-electron chi connectivity index (χ1n) is 7.14. The topological polar surface area (TPSA) is 55.4 Å². The highest BCUT2D eigenvalue weighted by molar-refractivity contribution is 6.00. The van der Waals surface area contributed by atoms with Gasteiger partial charge in [-0.1, -0.05) is 32.6 Å². The number of carbonyl (C=O) groups is 2. The molecule has 0 aromatic carbocycles. The van der Waals surface area contributed by atoms with Crippen molar-refractivity contribution in [3.8, 4) is 0 Å². The van der Waals surface area contributed by atoms with Crippen LogP contribution in [-0.4, -0.2) is 25.0 Å². The van der Waals surface area contributed by atoms with Gasteiger partial charge in [0.2, 0.25) is 5.91 Å². The molecule has 4 nitrogen and oxygen atoms in total. The van der Waals surface area contributed by atoms with Crippen molar-refractivity contribution in [3.63, 3.8) is 0 Å². The second-order valence-electron chi connectivity index (χ2n) is 5.59. The highest BCUT2D eigenvalue weighted by Gasteiger charge is 2.53. The zero-order valence-corrected chi connectivity index (χ0v) is 11.2. The summed E-state index contributed by atoms with van der Waals surface area (Å²) in [5.41, 5.74) is -0.154. The Morgan fingerprint density at radius 1 is 1.39 bits per heavy atom. The van der Waals surface area contributed by atoms with E-state index in [1.807, 2.05) is 0 Å². The third-order valence-electron chi connectivity index (χ3n) is 4.32. The number of rotatable bonds is 4. The van der Waals surface area contributed by atoms with Crippen molar-refractivity contribution in [1.82, 2.24) is 5.32 Å². The Morgan fingerprint density at radius 2 is 2.11 bits per heavy atom. The molecule has 102 valence electrons. The van der Waals surface area contributed by atoms with Crippen molar-refractivity contribution in [1.29, 1.82) is 0 Å². The maximum atomic E-state index is 12.1. The second kappa shape index (κ2) is 5.72. The molecule has 1 saturated carbocycles. The van der Waals surface area contributed by atoms with Gasteiger partial charge in [-0.15, -0.1) is 0 Å². The van der Waals surface area contributed by atoms with E-state index in [-0.39, 0.29) is 17.3 Å². The highest BCUT2D eigenvalue weighted by atomic mass is 16.5. The minimum atomic E-state index is -0.561. The molecule has 0 bridgehead atoms. The van der Waals surface area contributed by atoms with Crippen molar-refractivity contribution in [2.24, 2.45) is 11.3 Å². The quantitative estimate of drug-likeness (QED) is 0.474. The van der Waals surface area contributed by atoms with Gasteiger partial charge in [-0.05, 0) is 19.3 Å². The molecular weight excluding hydrogens is 230 g/mol. The van der Waals surface area contributed by atoms with E-state index in [0.29, 0.717) is 13.2 Å². The molecule has 2 rings (SSSR count). The fourth-order valence-corrected chi connectivity index (χ4v) is 3.22.